The first-order chi connectivity index (χ1) is 12.5. The van der Waals surface area contributed by atoms with Crippen molar-refractivity contribution in [1.29, 1.82) is 0 Å². The van der Waals surface area contributed by atoms with Crippen LogP contribution in [0.25, 0.3) is 0 Å². The third-order valence-electron chi connectivity index (χ3n) is 4.58. The molecule has 0 spiro atoms. The number of carbonyl (C=O) groups is 2. The molecule has 1 aromatic carbocycles. The first-order valence-corrected chi connectivity index (χ1v) is 10.6. The first-order valence-electron chi connectivity index (χ1n) is 8.24. The van der Waals surface area contributed by atoms with Gasteiger partial charge < -0.3 is 5.32 Å². The minimum atomic E-state index is -3.72. The molecule has 1 N–H and O–H groups in total. The maximum Gasteiger partial charge on any atom is 0.253 e. The van der Waals surface area contributed by atoms with E-state index >= 15 is 0 Å². The minimum Gasteiger partial charge on any atom is -0.323 e. The van der Waals surface area contributed by atoms with Gasteiger partial charge in [-0.1, -0.05) is 18.2 Å². The van der Waals surface area contributed by atoms with Crippen LogP contribution >= 0.6 is 11.3 Å². The molecule has 2 aliphatic rings. The van der Waals surface area contributed by atoms with Crippen LogP contribution in [0.15, 0.2) is 46.0 Å². The molecule has 0 saturated carbocycles. The van der Waals surface area contributed by atoms with Gasteiger partial charge in [-0.15, -0.1) is 11.3 Å². The van der Waals surface area contributed by atoms with E-state index < -0.39 is 16.1 Å². The summed E-state index contributed by atoms with van der Waals surface area (Å²) >= 11 is 1.14. The number of benzene rings is 1. The molecule has 2 aliphatic heterocycles. The van der Waals surface area contributed by atoms with Gasteiger partial charge in [-0.05, 0) is 36.4 Å². The van der Waals surface area contributed by atoms with Crippen LogP contribution in [0.4, 0.5) is 11.4 Å². The Kier molecular flexibility index (Phi) is 4.29. The van der Waals surface area contributed by atoms with Crippen molar-refractivity contribution in [2.45, 2.75) is 23.1 Å². The van der Waals surface area contributed by atoms with Gasteiger partial charge in [0.05, 0.1) is 11.4 Å². The van der Waals surface area contributed by atoms with Gasteiger partial charge >= 0.3 is 0 Å². The lowest BCUT2D eigenvalue weighted by molar-refractivity contribution is -0.124. The number of nitrogens with zero attached hydrogens (tertiary/aromatic N) is 2. The smallest absolute Gasteiger partial charge is 0.253 e. The highest BCUT2D eigenvalue weighted by molar-refractivity contribution is 7.91. The number of fused-ring (bicyclic) bond motifs is 1. The molecule has 2 aromatic rings. The van der Waals surface area contributed by atoms with Gasteiger partial charge in [0.25, 0.3) is 10.0 Å². The van der Waals surface area contributed by atoms with Crippen molar-refractivity contribution in [3.8, 4) is 0 Å². The van der Waals surface area contributed by atoms with Gasteiger partial charge in [0, 0.05) is 6.54 Å². The number of amides is 2. The summed E-state index contributed by atoms with van der Waals surface area (Å²) in [5.41, 5.74) is 1.15. The molecule has 0 radical (unpaired) electrons. The molecule has 0 bridgehead atoms. The summed E-state index contributed by atoms with van der Waals surface area (Å²) in [4.78, 5) is 26.6. The van der Waals surface area contributed by atoms with Crippen molar-refractivity contribution in [2.75, 3.05) is 23.3 Å². The molecule has 9 heteroatoms. The van der Waals surface area contributed by atoms with Gasteiger partial charge in [-0.25, -0.2) is 8.42 Å². The van der Waals surface area contributed by atoms with Crippen LogP contribution in [0.3, 0.4) is 0 Å². The molecule has 7 nitrogen and oxygen atoms in total. The number of anilines is 2. The van der Waals surface area contributed by atoms with E-state index in [0.29, 0.717) is 30.8 Å². The lowest BCUT2D eigenvalue weighted by atomic mass is 10.1. The number of hydrogen-bond acceptors (Lipinski definition) is 5. The van der Waals surface area contributed by atoms with Crippen molar-refractivity contribution >= 4 is 44.5 Å². The predicted molar refractivity (Wildman–Crippen MR) is 98.7 cm³/mol. The number of nitrogens with one attached hydrogen (secondary N) is 1. The van der Waals surface area contributed by atoms with Gasteiger partial charge in [-0.3, -0.25) is 14.5 Å². The molecule has 4 rings (SSSR count). The Morgan fingerprint density at radius 3 is 2.77 bits per heavy atom. The van der Waals surface area contributed by atoms with Crippen molar-refractivity contribution in [3.05, 3.63) is 41.8 Å². The second-order valence-corrected chi connectivity index (χ2v) is 9.26. The van der Waals surface area contributed by atoms with E-state index in [9.17, 15) is 18.0 Å². The number of para-hydroxylation sites is 2. The van der Waals surface area contributed by atoms with Crippen LogP contribution in [0.1, 0.15) is 12.8 Å². The Morgan fingerprint density at radius 2 is 2.00 bits per heavy atom. The van der Waals surface area contributed by atoms with Gasteiger partial charge in [0.1, 0.15) is 16.8 Å². The molecule has 1 atom stereocenters. The zero-order valence-electron chi connectivity index (χ0n) is 13.8. The molecule has 1 fully saturated rings. The lowest BCUT2D eigenvalue weighted by Crippen LogP contribution is -2.51. The summed E-state index contributed by atoms with van der Waals surface area (Å²) < 4.78 is 27.3. The van der Waals surface area contributed by atoms with E-state index in [0.717, 1.165) is 11.3 Å². The summed E-state index contributed by atoms with van der Waals surface area (Å²) in [5.74, 6) is -0.646. The maximum atomic E-state index is 13.2. The van der Waals surface area contributed by atoms with Crippen molar-refractivity contribution in [3.63, 3.8) is 0 Å². The fourth-order valence-electron chi connectivity index (χ4n) is 3.41. The molecule has 0 unspecified atom stereocenters. The maximum absolute atomic E-state index is 13.2. The SMILES string of the molecule is O=C1CN(C(=O)[C@@H]2CCCN2S(=O)(=O)c2cccs2)c2ccccc2N1. The summed E-state index contributed by atoms with van der Waals surface area (Å²) in [7, 11) is -3.72. The number of sulfonamides is 1. The zero-order valence-corrected chi connectivity index (χ0v) is 15.4. The number of rotatable bonds is 3. The highest BCUT2D eigenvalue weighted by Crippen LogP contribution is 2.33. The average Bonchev–Trinajstić information content (AvgIpc) is 3.32. The Hall–Kier alpha value is -2.23. The highest BCUT2D eigenvalue weighted by atomic mass is 32.2. The summed E-state index contributed by atoms with van der Waals surface area (Å²) in [6, 6.07) is 9.46. The summed E-state index contributed by atoms with van der Waals surface area (Å²) in [6.45, 7) is 0.192. The largest absolute Gasteiger partial charge is 0.323 e. The summed E-state index contributed by atoms with van der Waals surface area (Å²) in [5, 5.41) is 4.44. The first kappa shape index (κ1) is 17.2. The van der Waals surface area contributed by atoms with Crippen LogP contribution in [0.2, 0.25) is 0 Å². The molecule has 136 valence electrons. The van der Waals surface area contributed by atoms with E-state index in [1.165, 1.54) is 9.21 Å². The van der Waals surface area contributed by atoms with E-state index in [2.05, 4.69) is 5.32 Å². The topological polar surface area (TPSA) is 86.8 Å². The molecule has 1 saturated heterocycles. The van der Waals surface area contributed by atoms with Crippen molar-refractivity contribution < 1.29 is 18.0 Å². The van der Waals surface area contributed by atoms with E-state index in [1.807, 2.05) is 0 Å². The van der Waals surface area contributed by atoms with Gasteiger partial charge in [0.15, 0.2) is 0 Å². The van der Waals surface area contributed by atoms with Gasteiger partial charge in [-0.2, -0.15) is 4.31 Å². The van der Waals surface area contributed by atoms with Crippen LogP contribution < -0.4 is 10.2 Å². The number of thiophene rings is 1. The predicted octanol–water partition coefficient (Wildman–Crippen LogP) is 1.89. The molecule has 3 heterocycles. The molecule has 0 aliphatic carbocycles. The fraction of sp³-hybridized carbons (Fsp3) is 0.294. The quantitative estimate of drug-likeness (QED) is 0.866. The van der Waals surface area contributed by atoms with Crippen molar-refractivity contribution in [1.82, 2.24) is 4.31 Å². The Bertz CT molecular complexity index is 956. The fourth-order valence-corrected chi connectivity index (χ4v) is 6.18. The second kappa shape index (κ2) is 6.49. The molecular formula is C17H17N3O4S2. The van der Waals surface area contributed by atoms with E-state index in [1.54, 1.807) is 41.8 Å². The van der Waals surface area contributed by atoms with E-state index in [4.69, 9.17) is 0 Å². The Morgan fingerprint density at radius 1 is 1.19 bits per heavy atom. The molecule has 1 aromatic heterocycles. The second-order valence-electron chi connectivity index (χ2n) is 6.20. The third kappa shape index (κ3) is 2.81. The number of hydrogen-bond donors (Lipinski definition) is 1. The monoisotopic (exact) mass is 391 g/mol. The highest BCUT2D eigenvalue weighted by Gasteiger charge is 2.43. The van der Waals surface area contributed by atoms with Crippen LogP contribution in [0.5, 0.6) is 0 Å². The van der Waals surface area contributed by atoms with Crippen LogP contribution in [-0.4, -0.2) is 43.7 Å². The average molecular weight is 391 g/mol. The third-order valence-corrected chi connectivity index (χ3v) is 7.86. The summed E-state index contributed by atoms with van der Waals surface area (Å²) in [6.07, 6.45) is 1.06. The molecule has 2 amide bonds. The molecule has 26 heavy (non-hydrogen) atoms. The minimum absolute atomic E-state index is 0.112. The zero-order chi connectivity index (χ0) is 18.3. The van der Waals surface area contributed by atoms with Crippen LogP contribution in [-0.2, 0) is 19.6 Å². The van der Waals surface area contributed by atoms with Crippen molar-refractivity contribution in [2.24, 2.45) is 0 Å². The standard InChI is InChI=1S/C17H17N3O4S2/c21-15-11-19(13-6-2-1-5-12(13)18-15)17(22)14-7-3-9-20(14)26(23,24)16-8-4-10-25-16/h1-2,4-6,8,10,14H,3,7,9,11H2,(H,18,21)/t14-/m0/s1. The number of carbonyl (C=O) groups excluding carboxylic acids is 2. The Labute approximate surface area is 155 Å². The Balaban J connectivity index is 1.67. The molecular weight excluding hydrogens is 374 g/mol. The van der Waals surface area contributed by atoms with E-state index in [-0.39, 0.29) is 22.6 Å². The lowest BCUT2D eigenvalue weighted by Gasteiger charge is -2.33. The van der Waals surface area contributed by atoms with Crippen LogP contribution in [0, 0.1) is 0 Å². The van der Waals surface area contributed by atoms with Gasteiger partial charge in [0.2, 0.25) is 11.8 Å². The normalized spacial score (nSPS) is 20.7.